The number of ketones is 1. The topological polar surface area (TPSA) is 43.1 Å². The third-order valence-corrected chi connectivity index (χ3v) is 2.51. The van der Waals surface area contributed by atoms with Crippen molar-refractivity contribution in [1.82, 2.24) is 0 Å². The van der Waals surface area contributed by atoms with Crippen LogP contribution in [-0.2, 0) is 0 Å². The third-order valence-electron chi connectivity index (χ3n) is 1.62. The summed E-state index contributed by atoms with van der Waals surface area (Å²) >= 11 is 3.27. The summed E-state index contributed by atoms with van der Waals surface area (Å²) in [6, 6.07) is 3.65. The van der Waals surface area contributed by atoms with Crippen molar-refractivity contribution in [2.75, 3.05) is 5.73 Å². The maximum absolute atomic E-state index is 11.1. The molecule has 0 fully saturated rings. The van der Waals surface area contributed by atoms with Crippen molar-refractivity contribution in [1.29, 1.82) is 0 Å². The lowest BCUT2D eigenvalue weighted by Gasteiger charge is -2.05. The Morgan fingerprint density at radius 3 is 2.58 bits per heavy atom. The van der Waals surface area contributed by atoms with Gasteiger partial charge in [0.1, 0.15) is 0 Å². The summed E-state index contributed by atoms with van der Waals surface area (Å²) in [7, 11) is 0. The van der Waals surface area contributed by atoms with E-state index in [1.807, 2.05) is 19.1 Å². The Balaban J connectivity index is 3.37. The monoisotopic (exact) mass is 227 g/mol. The van der Waals surface area contributed by atoms with Gasteiger partial charge in [0.15, 0.2) is 5.78 Å². The van der Waals surface area contributed by atoms with Gasteiger partial charge in [-0.3, -0.25) is 4.79 Å². The molecule has 2 N–H and O–H groups in total. The number of halogens is 1. The number of Topliss-reactive ketones (excluding diaryl/α,β-unsaturated/α-hetero) is 1. The second kappa shape index (κ2) is 3.27. The summed E-state index contributed by atoms with van der Waals surface area (Å²) in [4.78, 5) is 11.1. The van der Waals surface area contributed by atoms with Crippen LogP contribution in [0.15, 0.2) is 16.6 Å². The molecule has 0 saturated carbocycles. The molecule has 0 bridgehead atoms. The Hall–Kier alpha value is -0.830. The number of aryl methyl sites for hydroxylation is 1. The highest BCUT2D eigenvalue weighted by Crippen LogP contribution is 2.25. The van der Waals surface area contributed by atoms with Gasteiger partial charge in [0.2, 0.25) is 0 Å². The van der Waals surface area contributed by atoms with E-state index < -0.39 is 0 Å². The van der Waals surface area contributed by atoms with Crippen LogP contribution in [0.25, 0.3) is 0 Å². The zero-order valence-corrected chi connectivity index (χ0v) is 8.60. The summed E-state index contributed by atoms with van der Waals surface area (Å²) in [5, 5.41) is 0. The van der Waals surface area contributed by atoms with Gasteiger partial charge in [-0.2, -0.15) is 0 Å². The molecule has 0 atom stereocenters. The van der Waals surface area contributed by atoms with E-state index in [2.05, 4.69) is 15.9 Å². The molecular weight excluding hydrogens is 218 g/mol. The molecule has 3 heteroatoms. The minimum atomic E-state index is 0.0253. The first-order valence-corrected chi connectivity index (χ1v) is 4.38. The average Bonchev–Trinajstić information content (AvgIpc) is 1.96. The van der Waals surface area contributed by atoms with Crippen molar-refractivity contribution in [3.05, 3.63) is 27.7 Å². The first-order valence-electron chi connectivity index (χ1n) is 3.59. The molecule has 2 nitrogen and oxygen atoms in total. The largest absolute Gasteiger partial charge is 0.398 e. The summed E-state index contributed by atoms with van der Waals surface area (Å²) in [6.45, 7) is 3.44. The molecule has 0 aromatic heterocycles. The maximum atomic E-state index is 11.1. The van der Waals surface area contributed by atoms with Crippen molar-refractivity contribution in [2.24, 2.45) is 0 Å². The molecule has 64 valence electrons. The lowest BCUT2D eigenvalue weighted by molar-refractivity contribution is 0.101. The van der Waals surface area contributed by atoms with Crippen molar-refractivity contribution in [3.8, 4) is 0 Å². The quantitative estimate of drug-likeness (QED) is 0.592. The van der Waals surface area contributed by atoms with E-state index >= 15 is 0 Å². The van der Waals surface area contributed by atoms with Gasteiger partial charge in [-0.05, 0) is 47.5 Å². The molecule has 0 spiro atoms. The van der Waals surface area contributed by atoms with E-state index in [9.17, 15) is 4.79 Å². The lowest BCUT2D eigenvalue weighted by atomic mass is 10.1. The zero-order chi connectivity index (χ0) is 9.30. The van der Waals surface area contributed by atoms with Crippen LogP contribution in [0, 0.1) is 6.92 Å². The van der Waals surface area contributed by atoms with E-state index in [4.69, 9.17) is 5.73 Å². The maximum Gasteiger partial charge on any atom is 0.161 e. The van der Waals surface area contributed by atoms with E-state index in [-0.39, 0.29) is 5.78 Å². The van der Waals surface area contributed by atoms with Crippen molar-refractivity contribution >= 4 is 27.4 Å². The standard InChI is InChI=1S/C9H10BrNO/c1-5-3-7(6(2)12)9(10)8(11)4-5/h3-4H,11H2,1-2H3. The Bertz CT molecular complexity index is 334. The van der Waals surface area contributed by atoms with Crippen LogP contribution >= 0.6 is 15.9 Å². The van der Waals surface area contributed by atoms with E-state index in [1.54, 1.807) is 0 Å². The number of hydrogen-bond acceptors (Lipinski definition) is 2. The highest BCUT2D eigenvalue weighted by Gasteiger charge is 2.08. The number of nitrogens with two attached hydrogens (primary N) is 1. The van der Waals surface area contributed by atoms with Gasteiger partial charge in [0, 0.05) is 11.3 Å². The zero-order valence-electron chi connectivity index (χ0n) is 7.02. The molecule has 0 unspecified atom stereocenters. The third kappa shape index (κ3) is 1.67. The predicted molar refractivity (Wildman–Crippen MR) is 53.3 cm³/mol. The summed E-state index contributed by atoms with van der Waals surface area (Å²) in [6.07, 6.45) is 0. The second-order valence-corrected chi connectivity index (χ2v) is 3.56. The van der Waals surface area contributed by atoms with Gasteiger partial charge in [-0.1, -0.05) is 0 Å². The summed E-state index contributed by atoms with van der Waals surface area (Å²) in [5.74, 6) is 0.0253. The van der Waals surface area contributed by atoms with Crippen LogP contribution in [-0.4, -0.2) is 5.78 Å². The molecule has 0 aliphatic heterocycles. The van der Waals surface area contributed by atoms with E-state index in [0.717, 1.165) is 5.56 Å². The fourth-order valence-corrected chi connectivity index (χ4v) is 1.56. The fraction of sp³-hybridized carbons (Fsp3) is 0.222. The van der Waals surface area contributed by atoms with Gasteiger partial charge in [-0.25, -0.2) is 0 Å². The van der Waals surface area contributed by atoms with Crippen LogP contribution < -0.4 is 5.73 Å². The molecule has 0 heterocycles. The Morgan fingerprint density at radius 2 is 2.08 bits per heavy atom. The van der Waals surface area contributed by atoms with Gasteiger partial charge < -0.3 is 5.73 Å². The minimum absolute atomic E-state index is 0.0253. The predicted octanol–water partition coefficient (Wildman–Crippen LogP) is 2.54. The number of carbonyl (C=O) groups excluding carboxylic acids is 1. The molecule has 1 rings (SSSR count). The van der Waals surface area contributed by atoms with Crippen molar-refractivity contribution < 1.29 is 4.79 Å². The number of benzene rings is 1. The van der Waals surface area contributed by atoms with Crippen LogP contribution in [0.3, 0.4) is 0 Å². The molecule has 1 aromatic carbocycles. The number of anilines is 1. The molecule has 1 aromatic rings. The molecule has 0 saturated heterocycles. The Morgan fingerprint density at radius 1 is 1.50 bits per heavy atom. The number of rotatable bonds is 1. The molecule has 0 aliphatic rings. The Kier molecular flexibility index (Phi) is 2.52. The lowest BCUT2D eigenvalue weighted by Crippen LogP contribution is -1.98. The van der Waals surface area contributed by atoms with Crippen molar-refractivity contribution in [2.45, 2.75) is 13.8 Å². The van der Waals surface area contributed by atoms with Gasteiger partial charge in [-0.15, -0.1) is 0 Å². The number of hydrogen-bond donors (Lipinski definition) is 1. The summed E-state index contributed by atoms with van der Waals surface area (Å²) < 4.78 is 0.695. The molecule has 0 radical (unpaired) electrons. The fourth-order valence-electron chi connectivity index (χ4n) is 1.05. The van der Waals surface area contributed by atoms with Crippen LogP contribution in [0.5, 0.6) is 0 Å². The molecule has 12 heavy (non-hydrogen) atoms. The second-order valence-electron chi connectivity index (χ2n) is 2.77. The van der Waals surface area contributed by atoms with Gasteiger partial charge in [0.25, 0.3) is 0 Å². The van der Waals surface area contributed by atoms with Crippen LogP contribution in [0.4, 0.5) is 5.69 Å². The van der Waals surface area contributed by atoms with Gasteiger partial charge >= 0.3 is 0 Å². The van der Waals surface area contributed by atoms with Crippen LogP contribution in [0.1, 0.15) is 22.8 Å². The number of nitrogen functional groups attached to an aromatic ring is 1. The Labute approximate surface area is 79.9 Å². The minimum Gasteiger partial charge on any atom is -0.398 e. The highest BCUT2D eigenvalue weighted by molar-refractivity contribution is 9.10. The molecule has 0 amide bonds. The summed E-state index contributed by atoms with van der Waals surface area (Å²) in [5.41, 5.74) is 7.92. The first kappa shape index (κ1) is 9.26. The van der Waals surface area contributed by atoms with Crippen molar-refractivity contribution in [3.63, 3.8) is 0 Å². The first-order chi connectivity index (χ1) is 5.52. The normalized spacial score (nSPS) is 9.92. The molecular formula is C9H10BrNO. The highest BCUT2D eigenvalue weighted by atomic mass is 79.9. The SMILES string of the molecule is CC(=O)c1cc(C)cc(N)c1Br. The smallest absolute Gasteiger partial charge is 0.161 e. The van der Waals surface area contributed by atoms with E-state index in [0.29, 0.717) is 15.7 Å². The van der Waals surface area contributed by atoms with Gasteiger partial charge in [0.05, 0.1) is 4.47 Å². The average molecular weight is 228 g/mol. The van der Waals surface area contributed by atoms with E-state index in [1.165, 1.54) is 6.92 Å². The molecule has 0 aliphatic carbocycles. The number of carbonyl (C=O) groups is 1. The van der Waals surface area contributed by atoms with Crippen LogP contribution in [0.2, 0.25) is 0 Å².